The number of alkyl halides is 2. The van der Waals surface area contributed by atoms with Crippen LogP contribution in [-0.4, -0.2) is 50.4 Å². The highest BCUT2D eigenvalue weighted by Gasteiger charge is 2.59. The van der Waals surface area contributed by atoms with E-state index >= 15 is 4.39 Å². The molecule has 1 aromatic heterocycles. The number of aryl methyl sites for hydroxylation is 1. The van der Waals surface area contributed by atoms with Crippen LogP contribution in [0.4, 0.5) is 14.6 Å². The van der Waals surface area contributed by atoms with Gasteiger partial charge < -0.3 is 20.7 Å². The molecule has 1 fully saturated rings. The summed E-state index contributed by atoms with van der Waals surface area (Å²) in [6.07, 6.45) is -5.92. The Kier molecular flexibility index (Phi) is 5.22. The van der Waals surface area contributed by atoms with Gasteiger partial charge in [0.05, 0.1) is 6.10 Å². The average Bonchev–Trinajstić information content (AvgIpc) is 2.77. The van der Waals surface area contributed by atoms with Gasteiger partial charge in [-0.05, 0) is 19.4 Å². The van der Waals surface area contributed by atoms with Crippen LogP contribution in [0.15, 0.2) is 10.9 Å². The Labute approximate surface area is 137 Å². The fourth-order valence-electron chi connectivity index (χ4n) is 2.71. The summed E-state index contributed by atoms with van der Waals surface area (Å²) in [6, 6.07) is 1.32. The maximum absolute atomic E-state index is 15.4. The van der Waals surface area contributed by atoms with Gasteiger partial charge in [-0.1, -0.05) is 18.8 Å². The van der Waals surface area contributed by atoms with Crippen LogP contribution in [0.1, 0.15) is 25.3 Å². The van der Waals surface area contributed by atoms with Crippen LogP contribution in [0.3, 0.4) is 0 Å². The summed E-state index contributed by atoms with van der Waals surface area (Å²) in [5, 5.41) is 20.2. The lowest BCUT2D eigenvalue weighted by Crippen LogP contribution is -2.46. The fraction of sp³-hybridized carbons (Fsp3) is 0.600. The Hall–Kier alpha value is -2.02. The van der Waals surface area contributed by atoms with Crippen molar-refractivity contribution < 1.29 is 23.7 Å². The molecule has 1 aliphatic heterocycles. The molecule has 2 unspecified atom stereocenters. The van der Waals surface area contributed by atoms with Crippen LogP contribution < -0.4 is 11.4 Å². The second-order valence-electron chi connectivity index (χ2n) is 5.55. The zero-order valence-electron chi connectivity index (χ0n) is 13.2. The van der Waals surface area contributed by atoms with E-state index in [0.717, 1.165) is 4.57 Å². The number of hydrogen-bond acceptors (Lipinski definition) is 6. The van der Waals surface area contributed by atoms with Gasteiger partial charge in [0.15, 0.2) is 6.23 Å². The van der Waals surface area contributed by atoms with Gasteiger partial charge in [0.25, 0.3) is 0 Å². The number of nitrogens with zero attached hydrogens (tertiary/aromatic N) is 2. The Balaban J connectivity index is 2.60. The van der Waals surface area contributed by atoms with Crippen LogP contribution in [0.5, 0.6) is 0 Å². The van der Waals surface area contributed by atoms with E-state index in [1.807, 2.05) is 11.8 Å². The Morgan fingerprint density at radius 1 is 1.62 bits per heavy atom. The minimum Gasteiger partial charge on any atom is -0.390 e. The first-order chi connectivity index (χ1) is 11.3. The van der Waals surface area contributed by atoms with E-state index in [-0.39, 0.29) is 17.9 Å². The van der Waals surface area contributed by atoms with Gasteiger partial charge in [0.1, 0.15) is 24.7 Å². The van der Waals surface area contributed by atoms with E-state index in [1.54, 1.807) is 6.92 Å². The molecule has 0 spiro atoms. The van der Waals surface area contributed by atoms with Gasteiger partial charge in [-0.15, -0.1) is 0 Å². The van der Waals surface area contributed by atoms with E-state index in [1.165, 1.54) is 13.0 Å². The van der Waals surface area contributed by atoms with Crippen molar-refractivity contribution in [2.75, 3.05) is 12.4 Å². The fourth-order valence-corrected chi connectivity index (χ4v) is 2.71. The summed E-state index contributed by atoms with van der Waals surface area (Å²) in [4.78, 5) is 15.6. The summed E-state index contributed by atoms with van der Waals surface area (Å²) >= 11 is 0. The Morgan fingerprint density at radius 2 is 2.29 bits per heavy atom. The molecule has 7 nitrogen and oxygen atoms in total. The molecule has 4 N–H and O–H groups in total. The van der Waals surface area contributed by atoms with Crippen molar-refractivity contribution in [1.82, 2.24) is 9.55 Å². The van der Waals surface area contributed by atoms with Gasteiger partial charge >= 0.3 is 5.69 Å². The number of hydrogen-bond donors (Lipinski definition) is 3. The summed E-state index contributed by atoms with van der Waals surface area (Å²) in [5.74, 6) is 3.84. The molecule has 24 heavy (non-hydrogen) atoms. The number of halogens is 2. The normalized spacial score (nSPS) is 30.7. The highest BCUT2D eigenvalue weighted by atomic mass is 19.1. The molecule has 5 atom stereocenters. The monoisotopic (exact) mass is 343 g/mol. The molecular weight excluding hydrogens is 324 g/mol. The lowest BCUT2D eigenvalue weighted by Gasteiger charge is -2.25. The largest absolute Gasteiger partial charge is 0.390 e. The van der Waals surface area contributed by atoms with Gasteiger partial charge in [-0.25, -0.2) is 13.6 Å². The maximum Gasteiger partial charge on any atom is 0.351 e. The second kappa shape index (κ2) is 6.84. The van der Waals surface area contributed by atoms with Gasteiger partial charge in [0, 0.05) is 5.69 Å². The molecule has 1 aliphatic rings. The van der Waals surface area contributed by atoms with Gasteiger partial charge in [0.2, 0.25) is 5.67 Å². The third kappa shape index (κ3) is 3.00. The molecular formula is C15H19F2N3O4. The van der Waals surface area contributed by atoms with Gasteiger partial charge in [-0.2, -0.15) is 4.98 Å². The highest BCUT2D eigenvalue weighted by Crippen LogP contribution is 2.42. The van der Waals surface area contributed by atoms with Crippen molar-refractivity contribution in [1.29, 1.82) is 0 Å². The average molecular weight is 343 g/mol. The Bertz CT molecular complexity index is 730. The lowest BCUT2D eigenvalue weighted by atomic mass is 9.93. The number of nitrogens with two attached hydrogens (primary N) is 1. The number of anilines is 1. The topological polar surface area (TPSA) is 111 Å². The van der Waals surface area contributed by atoms with E-state index in [0.29, 0.717) is 0 Å². The molecule has 132 valence electrons. The first kappa shape index (κ1) is 18.3. The third-order valence-corrected chi connectivity index (χ3v) is 3.93. The molecule has 2 rings (SSSR count). The van der Waals surface area contributed by atoms with Crippen molar-refractivity contribution in [2.24, 2.45) is 0 Å². The number of nitrogen functional groups attached to an aromatic ring is 1. The van der Waals surface area contributed by atoms with E-state index < -0.39 is 42.6 Å². The number of aliphatic hydroxyl groups is 2. The van der Waals surface area contributed by atoms with Crippen molar-refractivity contribution in [3.8, 4) is 11.8 Å². The van der Waals surface area contributed by atoms with Gasteiger partial charge in [-0.3, -0.25) is 4.57 Å². The minimum atomic E-state index is -2.79. The van der Waals surface area contributed by atoms with Crippen LogP contribution in [0.25, 0.3) is 0 Å². The standard InChI is InChI=1S/C15H19F2N3O4/c1-3-9(21)11-12(22)15(17,5-4-6-16)13(24-11)20-8(2)7-10(18)19-14(20)23/h7,9,11-13,21-22H,3,6H2,1-2H3,(H2,18,19,23)/t9-,11?,12+,13-,15?/m1/s1. The smallest absolute Gasteiger partial charge is 0.351 e. The zero-order valence-corrected chi connectivity index (χ0v) is 13.2. The number of rotatable bonds is 3. The molecule has 9 heteroatoms. The van der Waals surface area contributed by atoms with Crippen molar-refractivity contribution in [2.45, 2.75) is 50.5 Å². The first-order valence-electron chi connectivity index (χ1n) is 7.38. The van der Waals surface area contributed by atoms with E-state index in [9.17, 15) is 19.4 Å². The number of ether oxygens (including phenoxy) is 1. The van der Waals surface area contributed by atoms with Crippen molar-refractivity contribution in [3.63, 3.8) is 0 Å². The predicted octanol–water partition coefficient (Wildman–Crippen LogP) is -0.156. The zero-order chi connectivity index (χ0) is 18.1. The summed E-state index contributed by atoms with van der Waals surface area (Å²) in [6.45, 7) is 1.95. The first-order valence-corrected chi connectivity index (χ1v) is 7.38. The van der Waals surface area contributed by atoms with Crippen LogP contribution in [0, 0.1) is 18.8 Å². The molecule has 0 aromatic carbocycles. The summed E-state index contributed by atoms with van der Waals surface area (Å²) in [5.41, 5.74) is 2.00. The molecule has 0 aliphatic carbocycles. The third-order valence-electron chi connectivity index (χ3n) is 3.93. The van der Waals surface area contributed by atoms with E-state index in [4.69, 9.17) is 10.5 Å². The van der Waals surface area contributed by atoms with Crippen molar-refractivity contribution >= 4 is 5.82 Å². The quantitative estimate of drug-likeness (QED) is 0.658. The van der Waals surface area contributed by atoms with E-state index in [2.05, 4.69) is 4.98 Å². The van der Waals surface area contributed by atoms with Crippen LogP contribution >= 0.6 is 0 Å². The summed E-state index contributed by atoms with van der Waals surface area (Å²) in [7, 11) is 0. The number of aromatic nitrogens is 2. The molecule has 0 radical (unpaired) electrons. The molecule has 0 amide bonds. The lowest BCUT2D eigenvalue weighted by molar-refractivity contribution is -0.0869. The molecule has 0 saturated carbocycles. The second-order valence-corrected chi connectivity index (χ2v) is 5.55. The van der Waals surface area contributed by atoms with Crippen molar-refractivity contribution in [3.05, 3.63) is 22.2 Å². The Morgan fingerprint density at radius 3 is 2.83 bits per heavy atom. The molecule has 2 heterocycles. The molecule has 1 saturated heterocycles. The maximum atomic E-state index is 15.4. The molecule has 0 bridgehead atoms. The van der Waals surface area contributed by atoms with Crippen LogP contribution in [-0.2, 0) is 4.74 Å². The number of aliphatic hydroxyl groups excluding tert-OH is 2. The minimum absolute atomic E-state index is 0.0586. The highest BCUT2D eigenvalue weighted by molar-refractivity contribution is 5.30. The van der Waals surface area contributed by atoms with Crippen LogP contribution in [0.2, 0.25) is 0 Å². The predicted molar refractivity (Wildman–Crippen MR) is 81.5 cm³/mol. The summed E-state index contributed by atoms with van der Waals surface area (Å²) < 4.78 is 34.1. The molecule has 1 aromatic rings. The SMILES string of the molecule is CC[C@@H](O)C1O[C@@H](n2c(C)cc(N)nc2=O)C(F)(C#CCF)[C@H]1O.